The molecule has 7 heteroatoms. The summed E-state index contributed by atoms with van der Waals surface area (Å²) >= 11 is 9.40. The maximum absolute atomic E-state index is 5.93. The zero-order chi connectivity index (χ0) is 13.8. The monoisotopic (exact) mass is 342 g/mol. The molecule has 0 radical (unpaired) electrons. The van der Waals surface area contributed by atoms with Gasteiger partial charge in [-0.05, 0) is 17.7 Å². The molecule has 1 aromatic carbocycles. The molecule has 1 unspecified atom stereocenters. The molecule has 3 N–H and O–H groups in total. The molecule has 0 amide bonds. The third kappa shape index (κ3) is 3.22. The largest absolute Gasteiger partial charge is 0.467 e. The first-order valence-electron chi connectivity index (χ1n) is 5.42. The van der Waals surface area contributed by atoms with Gasteiger partial charge in [0.25, 0.3) is 0 Å². The Morgan fingerprint density at radius 1 is 1.37 bits per heavy atom. The maximum atomic E-state index is 5.93. The van der Waals surface area contributed by atoms with Crippen LogP contribution in [0.4, 0.5) is 0 Å². The van der Waals surface area contributed by atoms with E-state index in [0.717, 1.165) is 15.6 Å². The second kappa shape index (κ2) is 6.29. The van der Waals surface area contributed by atoms with Crippen molar-refractivity contribution in [1.82, 2.24) is 15.4 Å². The van der Waals surface area contributed by atoms with E-state index < -0.39 is 0 Å². The van der Waals surface area contributed by atoms with Crippen LogP contribution in [0.1, 0.15) is 17.2 Å². The number of benzene rings is 1. The summed E-state index contributed by atoms with van der Waals surface area (Å²) in [5.74, 6) is 5.62. The second-order valence-electron chi connectivity index (χ2n) is 3.77. The van der Waals surface area contributed by atoms with Crippen LogP contribution in [-0.2, 0) is 0 Å². The van der Waals surface area contributed by atoms with Gasteiger partial charge in [-0.2, -0.15) is 0 Å². The number of aromatic nitrogens is 2. The molecule has 0 aliphatic heterocycles. The van der Waals surface area contributed by atoms with Gasteiger partial charge in [0.1, 0.15) is 0 Å². The lowest BCUT2D eigenvalue weighted by molar-refractivity contribution is 0.378. The predicted octanol–water partition coefficient (Wildman–Crippen LogP) is 2.45. The molecular weight excluding hydrogens is 332 g/mol. The van der Waals surface area contributed by atoms with E-state index in [2.05, 4.69) is 31.3 Å². The van der Waals surface area contributed by atoms with Crippen LogP contribution in [0.3, 0.4) is 0 Å². The number of nitrogens with one attached hydrogen (secondary N) is 1. The molecule has 1 heterocycles. The van der Waals surface area contributed by atoms with Crippen LogP contribution >= 0.6 is 27.5 Å². The molecule has 0 bridgehead atoms. The van der Waals surface area contributed by atoms with Gasteiger partial charge in [0, 0.05) is 27.5 Å². The summed E-state index contributed by atoms with van der Waals surface area (Å²) in [7, 11) is 1.52. The first-order valence-corrected chi connectivity index (χ1v) is 6.59. The van der Waals surface area contributed by atoms with Crippen LogP contribution in [-0.4, -0.2) is 17.1 Å². The van der Waals surface area contributed by atoms with E-state index in [1.54, 1.807) is 18.5 Å². The van der Waals surface area contributed by atoms with Gasteiger partial charge in [0.2, 0.25) is 0 Å². The Labute approximate surface area is 124 Å². The van der Waals surface area contributed by atoms with Crippen molar-refractivity contribution >= 4 is 27.5 Å². The number of nitrogens with zero attached hydrogens (tertiary/aromatic N) is 2. The summed E-state index contributed by atoms with van der Waals surface area (Å²) in [6, 6.07) is 5.58. The Bertz CT molecular complexity index is 564. The molecule has 2 aromatic rings. The molecule has 0 saturated carbocycles. The lowest BCUT2D eigenvalue weighted by atomic mass is 10.0. The molecule has 0 spiro atoms. The molecule has 0 saturated heterocycles. The van der Waals surface area contributed by atoms with Crippen LogP contribution in [0, 0.1) is 0 Å². The Balaban J connectivity index is 2.37. The highest BCUT2D eigenvalue weighted by molar-refractivity contribution is 9.10. The molecule has 1 aromatic heterocycles. The standard InChI is InChI=1S/C12H12BrClN4O/c1-19-12-16-5-7(6-17-12)11(18-15)9-3-2-8(14)4-10(9)13/h2-6,11,18H,15H2,1H3. The van der Waals surface area contributed by atoms with Gasteiger partial charge in [-0.15, -0.1) is 0 Å². The lowest BCUT2D eigenvalue weighted by Gasteiger charge is -2.18. The lowest BCUT2D eigenvalue weighted by Crippen LogP contribution is -2.29. The SMILES string of the molecule is COc1ncc(C(NN)c2ccc(Cl)cc2Br)cn1. The van der Waals surface area contributed by atoms with E-state index in [9.17, 15) is 0 Å². The Kier molecular flexibility index (Phi) is 4.71. The Morgan fingerprint density at radius 3 is 2.58 bits per heavy atom. The van der Waals surface area contributed by atoms with E-state index in [0.29, 0.717) is 11.0 Å². The third-order valence-electron chi connectivity index (χ3n) is 2.60. The van der Waals surface area contributed by atoms with Gasteiger partial charge in [0.15, 0.2) is 0 Å². The number of hydrogen-bond acceptors (Lipinski definition) is 5. The summed E-state index contributed by atoms with van der Waals surface area (Å²) < 4.78 is 5.79. The predicted molar refractivity (Wildman–Crippen MR) is 76.9 cm³/mol. The zero-order valence-corrected chi connectivity index (χ0v) is 12.4. The van der Waals surface area contributed by atoms with Crippen molar-refractivity contribution in [3.8, 4) is 6.01 Å². The smallest absolute Gasteiger partial charge is 0.316 e. The van der Waals surface area contributed by atoms with Gasteiger partial charge in [-0.25, -0.2) is 15.4 Å². The molecular formula is C12H12BrClN4O. The van der Waals surface area contributed by atoms with Crippen LogP contribution in [0.2, 0.25) is 5.02 Å². The normalized spacial score (nSPS) is 12.2. The molecule has 5 nitrogen and oxygen atoms in total. The minimum Gasteiger partial charge on any atom is -0.467 e. The van der Waals surface area contributed by atoms with Crippen molar-refractivity contribution in [3.63, 3.8) is 0 Å². The number of hydrogen-bond donors (Lipinski definition) is 2. The van der Waals surface area contributed by atoms with E-state index in [1.807, 2.05) is 12.1 Å². The minimum atomic E-state index is -0.238. The number of methoxy groups -OCH3 is 1. The second-order valence-corrected chi connectivity index (χ2v) is 5.06. The van der Waals surface area contributed by atoms with Crippen molar-refractivity contribution < 1.29 is 4.74 Å². The average molecular weight is 344 g/mol. The highest BCUT2D eigenvalue weighted by atomic mass is 79.9. The minimum absolute atomic E-state index is 0.238. The van der Waals surface area contributed by atoms with Gasteiger partial charge in [0.05, 0.1) is 13.2 Å². The van der Waals surface area contributed by atoms with Gasteiger partial charge in [-0.3, -0.25) is 5.84 Å². The third-order valence-corrected chi connectivity index (χ3v) is 3.53. The number of hydrazine groups is 1. The van der Waals surface area contributed by atoms with Crippen LogP contribution in [0.5, 0.6) is 6.01 Å². The fraction of sp³-hybridized carbons (Fsp3) is 0.167. The maximum Gasteiger partial charge on any atom is 0.316 e. The van der Waals surface area contributed by atoms with Gasteiger partial charge >= 0.3 is 6.01 Å². The molecule has 100 valence electrons. The molecule has 2 rings (SSSR count). The highest BCUT2D eigenvalue weighted by Gasteiger charge is 2.16. The van der Waals surface area contributed by atoms with Crippen molar-refractivity contribution in [2.24, 2.45) is 5.84 Å². The first kappa shape index (κ1) is 14.2. The van der Waals surface area contributed by atoms with E-state index in [4.69, 9.17) is 22.2 Å². The van der Waals surface area contributed by atoms with Gasteiger partial charge in [-0.1, -0.05) is 33.6 Å². The fourth-order valence-corrected chi connectivity index (χ4v) is 2.59. The number of ether oxygens (including phenoxy) is 1. The van der Waals surface area contributed by atoms with Gasteiger partial charge < -0.3 is 4.74 Å². The first-order chi connectivity index (χ1) is 9.15. The van der Waals surface area contributed by atoms with E-state index in [1.165, 1.54) is 7.11 Å². The van der Waals surface area contributed by atoms with E-state index in [-0.39, 0.29) is 6.04 Å². The van der Waals surface area contributed by atoms with E-state index >= 15 is 0 Å². The van der Waals surface area contributed by atoms with Crippen LogP contribution in [0.25, 0.3) is 0 Å². The number of rotatable bonds is 4. The molecule has 0 aliphatic carbocycles. The van der Waals surface area contributed by atoms with Crippen molar-refractivity contribution in [3.05, 3.63) is 51.2 Å². The number of nitrogens with two attached hydrogens (primary N) is 1. The summed E-state index contributed by atoms with van der Waals surface area (Å²) in [6.45, 7) is 0. The summed E-state index contributed by atoms with van der Waals surface area (Å²) in [5, 5.41) is 0.650. The molecule has 1 atom stereocenters. The quantitative estimate of drug-likeness (QED) is 0.659. The average Bonchev–Trinajstić information content (AvgIpc) is 2.42. The molecule has 19 heavy (non-hydrogen) atoms. The topological polar surface area (TPSA) is 73.1 Å². The van der Waals surface area contributed by atoms with Crippen molar-refractivity contribution in [2.75, 3.05) is 7.11 Å². The highest BCUT2D eigenvalue weighted by Crippen LogP contribution is 2.30. The van der Waals surface area contributed by atoms with Crippen LogP contribution in [0.15, 0.2) is 35.1 Å². The van der Waals surface area contributed by atoms with Crippen molar-refractivity contribution in [2.45, 2.75) is 6.04 Å². The summed E-state index contributed by atoms with van der Waals surface area (Å²) in [5.41, 5.74) is 4.51. The van der Waals surface area contributed by atoms with Crippen molar-refractivity contribution in [1.29, 1.82) is 0 Å². The Hall–Kier alpha value is -1.21. The van der Waals surface area contributed by atoms with Crippen LogP contribution < -0.4 is 16.0 Å². The summed E-state index contributed by atoms with van der Waals surface area (Å²) in [6.07, 6.45) is 3.33. The molecule has 0 aliphatic rings. The zero-order valence-electron chi connectivity index (χ0n) is 10.1. The number of halogens is 2. The Morgan fingerprint density at radius 2 is 2.05 bits per heavy atom. The summed E-state index contributed by atoms with van der Waals surface area (Å²) in [4.78, 5) is 8.14. The fourth-order valence-electron chi connectivity index (χ4n) is 1.68. The molecule has 0 fully saturated rings.